The third-order valence-corrected chi connectivity index (χ3v) is 3.28. The van der Waals surface area contributed by atoms with Gasteiger partial charge in [0.15, 0.2) is 5.69 Å². The molecule has 2 unspecified atom stereocenters. The molecule has 0 amide bonds. The molecule has 1 aromatic heterocycles. The zero-order chi connectivity index (χ0) is 13.1. The first-order valence-corrected chi connectivity index (χ1v) is 6.28. The van der Waals surface area contributed by atoms with Crippen molar-refractivity contribution in [2.24, 2.45) is 11.8 Å². The van der Waals surface area contributed by atoms with E-state index in [1.807, 2.05) is 0 Å². The number of aromatic carboxylic acids is 1. The van der Waals surface area contributed by atoms with Gasteiger partial charge in [0.05, 0.1) is 0 Å². The lowest BCUT2D eigenvalue weighted by molar-refractivity contribution is 0.0688. The Bertz CT molecular complexity index is 409. The fourth-order valence-corrected chi connectivity index (χ4v) is 2.64. The Morgan fingerprint density at radius 2 is 1.89 bits per heavy atom. The van der Waals surface area contributed by atoms with E-state index in [-0.39, 0.29) is 11.8 Å². The Labute approximate surface area is 106 Å². The molecule has 5 nitrogen and oxygen atoms in total. The van der Waals surface area contributed by atoms with Crippen molar-refractivity contribution in [1.29, 1.82) is 0 Å². The molecule has 0 saturated heterocycles. The molecule has 2 rings (SSSR count). The lowest BCUT2D eigenvalue weighted by Crippen LogP contribution is -2.28. The number of hydrogen-bond donors (Lipinski definition) is 1. The Balaban J connectivity index is 1.98. The highest BCUT2D eigenvalue weighted by atomic mass is 16.5. The Kier molecular flexibility index (Phi) is 3.79. The normalized spacial score (nSPS) is 27.8. The number of nitrogens with zero attached hydrogens (tertiary/aromatic N) is 2. The molecule has 0 radical (unpaired) electrons. The molecule has 18 heavy (non-hydrogen) atoms. The van der Waals surface area contributed by atoms with Gasteiger partial charge in [0.2, 0.25) is 5.88 Å². The van der Waals surface area contributed by atoms with Crippen molar-refractivity contribution in [3.05, 3.63) is 17.8 Å². The van der Waals surface area contributed by atoms with Crippen LogP contribution in [0.1, 0.15) is 43.6 Å². The molecule has 1 heterocycles. The first-order chi connectivity index (χ1) is 8.54. The van der Waals surface area contributed by atoms with E-state index in [0.29, 0.717) is 17.7 Å². The van der Waals surface area contributed by atoms with Crippen molar-refractivity contribution < 1.29 is 14.6 Å². The third-order valence-electron chi connectivity index (χ3n) is 3.28. The number of carbonyl (C=O) groups is 1. The quantitative estimate of drug-likeness (QED) is 0.891. The minimum absolute atomic E-state index is 0.0623. The number of carboxylic acids is 1. The van der Waals surface area contributed by atoms with E-state index in [9.17, 15) is 4.79 Å². The number of ether oxygens (including phenoxy) is 1. The molecule has 0 aromatic carbocycles. The summed E-state index contributed by atoms with van der Waals surface area (Å²) in [5.41, 5.74) is -0.0623. The van der Waals surface area contributed by atoms with Gasteiger partial charge in [0.1, 0.15) is 6.10 Å². The molecule has 0 aliphatic heterocycles. The molecule has 1 fully saturated rings. The summed E-state index contributed by atoms with van der Waals surface area (Å²) in [7, 11) is 0. The zero-order valence-electron chi connectivity index (χ0n) is 10.7. The van der Waals surface area contributed by atoms with Crippen molar-refractivity contribution in [2.45, 2.75) is 39.2 Å². The van der Waals surface area contributed by atoms with Crippen molar-refractivity contribution in [3.63, 3.8) is 0 Å². The van der Waals surface area contributed by atoms with E-state index in [4.69, 9.17) is 9.84 Å². The molecular weight excluding hydrogens is 232 g/mol. The van der Waals surface area contributed by atoms with E-state index >= 15 is 0 Å². The summed E-state index contributed by atoms with van der Waals surface area (Å²) >= 11 is 0. The highest BCUT2D eigenvalue weighted by Gasteiger charge is 2.25. The summed E-state index contributed by atoms with van der Waals surface area (Å²) in [6.07, 6.45) is 3.44. The predicted molar refractivity (Wildman–Crippen MR) is 65.6 cm³/mol. The van der Waals surface area contributed by atoms with E-state index in [2.05, 4.69) is 24.0 Å². The topological polar surface area (TPSA) is 72.3 Å². The number of hydrogen-bond acceptors (Lipinski definition) is 4. The average Bonchev–Trinajstić information content (AvgIpc) is 2.28. The maximum Gasteiger partial charge on any atom is 0.356 e. The van der Waals surface area contributed by atoms with Crippen molar-refractivity contribution >= 4 is 5.97 Å². The van der Waals surface area contributed by atoms with Crippen LogP contribution in [0.4, 0.5) is 0 Å². The van der Waals surface area contributed by atoms with Gasteiger partial charge in [0, 0.05) is 6.07 Å². The van der Waals surface area contributed by atoms with Crippen LogP contribution >= 0.6 is 0 Å². The van der Waals surface area contributed by atoms with Crippen molar-refractivity contribution in [1.82, 2.24) is 10.2 Å². The third kappa shape index (κ3) is 3.18. The summed E-state index contributed by atoms with van der Waals surface area (Å²) in [6.45, 7) is 4.45. The summed E-state index contributed by atoms with van der Waals surface area (Å²) in [6, 6.07) is 2.99. The lowest BCUT2D eigenvalue weighted by Gasteiger charge is -2.31. The molecule has 1 saturated carbocycles. The minimum atomic E-state index is -1.08. The molecule has 0 bridgehead atoms. The molecule has 98 valence electrons. The SMILES string of the molecule is CC1CC(C)CC(Oc2ccc(C(=O)O)nn2)C1. The maximum atomic E-state index is 10.6. The largest absolute Gasteiger partial charge is 0.476 e. The van der Waals surface area contributed by atoms with Crippen LogP contribution in [0.25, 0.3) is 0 Å². The number of carboxylic acid groups (broad SMARTS) is 1. The van der Waals surface area contributed by atoms with Gasteiger partial charge in [-0.3, -0.25) is 0 Å². The van der Waals surface area contributed by atoms with Crippen LogP contribution in [0, 0.1) is 11.8 Å². The second kappa shape index (κ2) is 5.33. The number of rotatable bonds is 3. The van der Waals surface area contributed by atoms with E-state index < -0.39 is 5.97 Å². The van der Waals surface area contributed by atoms with Gasteiger partial charge in [0.25, 0.3) is 0 Å². The summed E-state index contributed by atoms with van der Waals surface area (Å²) < 4.78 is 5.76. The first kappa shape index (κ1) is 12.8. The molecule has 1 aliphatic carbocycles. The molecule has 2 atom stereocenters. The van der Waals surface area contributed by atoms with Crippen LogP contribution in [0.3, 0.4) is 0 Å². The first-order valence-electron chi connectivity index (χ1n) is 6.28. The van der Waals surface area contributed by atoms with Crippen LogP contribution < -0.4 is 4.74 Å². The average molecular weight is 250 g/mol. The van der Waals surface area contributed by atoms with Crippen molar-refractivity contribution in [3.8, 4) is 5.88 Å². The fourth-order valence-electron chi connectivity index (χ4n) is 2.64. The van der Waals surface area contributed by atoms with E-state index in [1.165, 1.54) is 12.5 Å². The highest BCUT2D eigenvalue weighted by molar-refractivity contribution is 5.84. The molecular formula is C13H18N2O3. The van der Waals surface area contributed by atoms with Gasteiger partial charge in [-0.25, -0.2) is 4.79 Å². The monoisotopic (exact) mass is 250 g/mol. The summed E-state index contributed by atoms with van der Waals surface area (Å²) in [5.74, 6) is 0.648. The Morgan fingerprint density at radius 3 is 2.39 bits per heavy atom. The molecule has 0 spiro atoms. The van der Waals surface area contributed by atoms with Crippen LogP contribution in [-0.4, -0.2) is 27.4 Å². The summed E-state index contributed by atoms with van der Waals surface area (Å²) in [5, 5.41) is 16.1. The molecule has 5 heteroatoms. The lowest BCUT2D eigenvalue weighted by atomic mass is 9.82. The van der Waals surface area contributed by atoms with Crippen LogP contribution in [0.15, 0.2) is 12.1 Å². The Hall–Kier alpha value is -1.65. The maximum absolute atomic E-state index is 10.6. The predicted octanol–water partition coefficient (Wildman–Crippen LogP) is 2.38. The van der Waals surface area contributed by atoms with Crippen LogP contribution in [0.5, 0.6) is 5.88 Å². The summed E-state index contributed by atoms with van der Waals surface area (Å²) in [4.78, 5) is 10.6. The van der Waals surface area contributed by atoms with Gasteiger partial charge in [-0.1, -0.05) is 13.8 Å². The second-order valence-electron chi connectivity index (χ2n) is 5.22. The highest BCUT2D eigenvalue weighted by Crippen LogP contribution is 2.30. The van der Waals surface area contributed by atoms with Gasteiger partial charge >= 0.3 is 5.97 Å². The smallest absolute Gasteiger partial charge is 0.356 e. The van der Waals surface area contributed by atoms with Crippen molar-refractivity contribution in [2.75, 3.05) is 0 Å². The zero-order valence-corrected chi connectivity index (χ0v) is 10.7. The Morgan fingerprint density at radius 1 is 1.22 bits per heavy atom. The van der Waals surface area contributed by atoms with Gasteiger partial charge in [-0.2, -0.15) is 0 Å². The minimum Gasteiger partial charge on any atom is -0.476 e. The van der Waals surface area contributed by atoms with Gasteiger partial charge < -0.3 is 9.84 Å². The fraction of sp³-hybridized carbons (Fsp3) is 0.615. The van der Waals surface area contributed by atoms with Gasteiger partial charge in [-0.05, 0) is 37.2 Å². The van der Waals surface area contributed by atoms with Crippen LogP contribution in [-0.2, 0) is 0 Å². The second-order valence-corrected chi connectivity index (χ2v) is 5.22. The van der Waals surface area contributed by atoms with Gasteiger partial charge in [-0.15, -0.1) is 10.2 Å². The molecule has 1 N–H and O–H groups in total. The van der Waals surface area contributed by atoms with Crippen LogP contribution in [0.2, 0.25) is 0 Å². The number of aromatic nitrogens is 2. The van der Waals surface area contributed by atoms with E-state index in [0.717, 1.165) is 12.8 Å². The standard InChI is InChI=1S/C13H18N2O3/c1-8-5-9(2)7-10(6-8)18-12-4-3-11(13(16)17)14-15-12/h3-4,8-10H,5-7H2,1-2H3,(H,16,17). The molecule has 1 aromatic rings. The molecule has 1 aliphatic rings. The van der Waals surface area contributed by atoms with E-state index in [1.54, 1.807) is 6.07 Å².